The lowest BCUT2D eigenvalue weighted by molar-refractivity contribution is 0.319. The Kier molecular flexibility index (Phi) is 5.63. The van der Waals surface area contributed by atoms with E-state index in [0.717, 1.165) is 27.2 Å². The van der Waals surface area contributed by atoms with Gasteiger partial charge in [-0.3, -0.25) is 0 Å². The molecule has 3 nitrogen and oxygen atoms in total. The van der Waals surface area contributed by atoms with E-state index in [4.69, 9.17) is 0 Å². The van der Waals surface area contributed by atoms with Crippen LogP contribution in [0.2, 0.25) is 0 Å². The van der Waals surface area contributed by atoms with Gasteiger partial charge in [-0.05, 0) is 55.2 Å². The zero-order valence-electron chi connectivity index (χ0n) is 15.6. The standard InChI is InChI=1S/C23H24BrN3/c1-2-16-3-5-17(6-4-16)18-7-9-19(10-8-18)22-15-25-23(27-26-22)20-11-13-21(24)14-12-20/h7-17H,2-6H2,1H3. The van der Waals surface area contributed by atoms with E-state index in [1.54, 1.807) is 0 Å². The van der Waals surface area contributed by atoms with Gasteiger partial charge in [0.1, 0.15) is 5.69 Å². The van der Waals surface area contributed by atoms with Crippen molar-refractivity contribution in [3.63, 3.8) is 0 Å². The number of benzene rings is 2. The molecular formula is C23H24BrN3. The highest BCUT2D eigenvalue weighted by molar-refractivity contribution is 9.10. The molecule has 0 bridgehead atoms. The molecule has 0 unspecified atom stereocenters. The van der Waals surface area contributed by atoms with Gasteiger partial charge in [-0.2, -0.15) is 0 Å². The van der Waals surface area contributed by atoms with Crippen LogP contribution in [0, 0.1) is 5.92 Å². The smallest absolute Gasteiger partial charge is 0.181 e. The summed E-state index contributed by atoms with van der Waals surface area (Å²) in [6, 6.07) is 16.8. The van der Waals surface area contributed by atoms with Gasteiger partial charge in [0, 0.05) is 15.6 Å². The molecule has 1 saturated carbocycles. The first-order valence-electron chi connectivity index (χ1n) is 9.79. The van der Waals surface area contributed by atoms with E-state index in [1.807, 2.05) is 30.5 Å². The first-order valence-corrected chi connectivity index (χ1v) is 10.6. The van der Waals surface area contributed by atoms with Gasteiger partial charge in [0.25, 0.3) is 0 Å². The van der Waals surface area contributed by atoms with Gasteiger partial charge in [-0.25, -0.2) is 4.98 Å². The molecule has 0 saturated heterocycles. The van der Waals surface area contributed by atoms with E-state index in [2.05, 4.69) is 62.3 Å². The molecule has 1 fully saturated rings. The molecule has 4 rings (SSSR count). The van der Waals surface area contributed by atoms with Gasteiger partial charge >= 0.3 is 0 Å². The van der Waals surface area contributed by atoms with Crippen LogP contribution in [0.3, 0.4) is 0 Å². The van der Waals surface area contributed by atoms with Crippen LogP contribution in [-0.2, 0) is 0 Å². The molecule has 0 amide bonds. The first kappa shape index (κ1) is 18.3. The number of hydrogen-bond donors (Lipinski definition) is 0. The lowest BCUT2D eigenvalue weighted by atomic mass is 9.78. The summed E-state index contributed by atoms with van der Waals surface area (Å²) in [6.45, 7) is 2.32. The molecule has 0 radical (unpaired) electrons. The Morgan fingerprint density at radius 1 is 0.852 bits per heavy atom. The summed E-state index contributed by atoms with van der Waals surface area (Å²) >= 11 is 3.44. The molecule has 0 aliphatic heterocycles. The molecule has 1 aromatic heterocycles. The average Bonchev–Trinajstić information content (AvgIpc) is 2.75. The molecule has 0 atom stereocenters. The Balaban J connectivity index is 1.46. The summed E-state index contributed by atoms with van der Waals surface area (Å²) in [5.74, 6) is 2.30. The molecule has 2 aromatic carbocycles. The monoisotopic (exact) mass is 421 g/mol. The van der Waals surface area contributed by atoms with E-state index in [9.17, 15) is 0 Å². The molecule has 0 N–H and O–H groups in total. The molecule has 4 heteroatoms. The van der Waals surface area contributed by atoms with E-state index in [0.29, 0.717) is 11.7 Å². The largest absolute Gasteiger partial charge is 0.233 e. The Labute approximate surface area is 169 Å². The van der Waals surface area contributed by atoms with Crippen LogP contribution >= 0.6 is 15.9 Å². The maximum Gasteiger partial charge on any atom is 0.181 e. The zero-order chi connectivity index (χ0) is 18.6. The number of hydrogen-bond acceptors (Lipinski definition) is 3. The highest BCUT2D eigenvalue weighted by Gasteiger charge is 2.21. The predicted molar refractivity (Wildman–Crippen MR) is 113 cm³/mol. The van der Waals surface area contributed by atoms with Crippen LogP contribution in [0.1, 0.15) is 50.5 Å². The number of aromatic nitrogens is 3. The maximum absolute atomic E-state index is 4.50. The minimum atomic E-state index is 0.649. The highest BCUT2D eigenvalue weighted by Crippen LogP contribution is 2.37. The quantitative estimate of drug-likeness (QED) is 0.472. The maximum atomic E-state index is 4.50. The van der Waals surface area contributed by atoms with E-state index < -0.39 is 0 Å². The van der Waals surface area contributed by atoms with E-state index in [-0.39, 0.29) is 0 Å². The second-order valence-electron chi connectivity index (χ2n) is 7.42. The first-order chi connectivity index (χ1) is 13.2. The van der Waals surface area contributed by atoms with Gasteiger partial charge in [0.05, 0.1) is 6.20 Å². The lowest BCUT2D eigenvalue weighted by Crippen LogP contribution is -2.12. The van der Waals surface area contributed by atoms with Gasteiger partial charge in [0.15, 0.2) is 5.82 Å². The molecule has 1 aliphatic carbocycles. The fraction of sp³-hybridized carbons (Fsp3) is 0.348. The highest BCUT2D eigenvalue weighted by atomic mass is 79.9. The number of rotatable bonds is 4. The van der Waals surface area contributed by atoms with Crippen molar-refractivity contribution in [3.05, 3.63) is 64.8 Å². The van der Waals surface area contributed by atoms with E-state index >= 15 is 0 Å². The van der Waals surface area contributed by atoms with Crippen molar-refractivity contribution in [2.24, 2.45) is 5.92 Å². The van der Waals surface area contributed by atoms with Gasteiger partial charge in [0.2, 0.25) is 0 Å². The summed E-state index contributed by atoms with van der Waals surface area (Å²) in [5.41, 5.74) is 4.32. The van der Waals surface area contributed by atoms with Crippen molar-refractivity contribution in [2.75, 3.05) is 0 Å². The third kappa shape index (κ3) is 4.27. The zero-order valence-corrected chi connectivity index (χ0v) is 17.2. The van der Waals surface area contributed by atoms with Crippen LogP contribution < -0.4 is 0 Å². The summed E-state index contributed by atoms with van der Waals surface area (Å²) in [6.07, 6.45) is 8.52. The molecule has 27 heavy (non-hydrogen) atoms. The molecule has 1 aliphatic rings. The molecule has 0 spiro atoms. The van der Waals surface area contributed by atoms with Crippen LogP contribution in [0.15, 0.2) is 59.2 Å². The van der Waals surface area contributed by atoms with Crippen molar-refractivity contribution < 1.29 is 0 Å². The number of nitrogens with zero attached hydrogens (tertiary/aromatic N) is 3. The third-order valence-corrected chi connectivity index (χ3v) is 6.29. The van der Waals surface area contributed by atoms with E-state index in [1.165, 1.54) is 37.7 Å². The fourth-order valence-electron chi connectivity index (χ4n) is 3.97. The Morgan fingerprint density at radius 2 is 1.52 bits per heavy atom. The topological polar surface area (TPSA) is 38.7 Å². The summed E-state index contributed by atoms with van der Waals surface area (Å²) in [4.78, 5) is 4.50. The SMILES string of the molecule is CCC1CCC(c2ccc(-c3cnc(-c4ccc(Br)cc4)nn3)cc2)CC1. The predicted octanol–water partition coefficient (Wildman–Crippen LogP) is 6.65. The van der Waals surface area contributed by atoms with Crippen LogP contribution in [-0.4, -0.2) is 15.2 Å². The molecule has 138 valence electrons. The molecule has 1 heterocycles. The Bertz CT molecular complexity index is 865. The van der Waals surface area contributed by atoms with Crippen molar-refractivity contribution in [3.8, 4) is 22.6 Å². The Morgan fingerprint density at radius 3 is 2.11 bits per heavy atom. The Hall–Kier alpha value is -2.07. The second-order valence-corrected chi connectivity index (χ2v) is 8.34. The summed E-state index contributed by atoms with van der Waals surface area (Å²) in [5, 5.41) is 8.70. The second kappa shape index (κ2) is 8.30. The van der Waals surface area contributed by atoms with Crippen LogP contribution in [0.25, 0.3) is 22.6 Å². The van der Waals surface area contributed by atoms with Crippen molar-refractivity contribution in [2.45, 2.75) is 44.9 Å². The molecule has 3 aromatic rings. The van der Waals surface area contributed by atoms with Crippen molar-refractivity contribution in [1.82, 2.24) is 15.2 Å². The van der Waals surface area contributed by atoms with Crippen LogP contribution in [0.4, 0.5) is 0 Å². The molecular weight excluding hydrogens is 398 g/mol. The normalized spacial score (nSPS) is 19.8. The van der Waals surface area contributed by atoms with Crippen molar-refractivity contribution in [1.29, 1.82) is 0 Å². The van der Waals surface area contributed by atoms with Gasteiger partial charge in [-0.15, -0.1) is 10.2 Å². The van der Waals surface area contributed by atoms with Crippen molar-refractivity contribution >= 4 is 15.9 Å². The third-order valence-electron chi connectivity index (χ3n) is 5.77. The minimum Gasteiger partial charge on any atom is -0.233 e. The fourth-order valence-corrected chi connectivity index (χ4v) is 4.23. The van der Waals surface area contributed by atoms with Gasteiger partial charge in [-0.1, -0.05) is 65.7 Å². The van der Waals surface area contributed by atoms with Gasteiger partial charge < -0.3 is 0 Å². The average molecular weight is 422 g/mol. The lowest BCUT2D eigenvalue weighted by Gasteiger charge is -2.28. The summed E-state index contributed by atoms with van der Waals surface area (Å²) in [7, 11) is 0. The minimum absolute atomic E-state index is 0.649. The number of halogens is 1. The van der Waals surface area contributed by atoms with Crippen LogP contribution in [0.5, 0.6) is 0 Å². The summed E-state index contributed by atoms with van der Waals surface area (Å²) < 4.78 is 1.04.